The summed E-state index contributed by atoms with van der Waals surface area (Å²) in [7, 11) is 0. The minimum Gasteiger partial charge on any atom is -0.350 e. The Morgan fingerprint density at radius 1 is 0.889 bits per heavy atom. The van der Waals surface area contributed by atoms with Gasteiger partial charge in [0.25, 0.3) is 0 Å². The number of halogens is 2. The molecular weight excluding hydrogens is 383 g/mol. The van der Waals surface area contributed by atoms with Crippen LogP contribution in [-0.4, -0.2) is 20.5 Å². The Labute approximate surface area is 168 Å². The summed E-state index contributed by atoms with van der Waals surface area (Å²) in [6, 6.07) is 10.9. The molecule has 0 aliphatic carbocycles. The summed E-state index contributed by atoms with van der Waals surface area (Å²) in [5, 5.41) is 4.38. The summed E-state index contributed by atoms with van der Waals surface area (Å²) in [4.78, 5) is 13.2. The molecule has 0 aliphatic rings. The van der Waals surface area contributed by atoms with E-state index in [1.807, 2.05) is 39.0 Å². The van der Waals surface area contributed by atoms with Gasteiger partial charge in [0.15, 0.2) is 5.82 Å². The number of benzene rings is 1. The van der Waals surface area contributed by atoms with Crippen LogP contribution in [0.5, 0.6) is 0 Å². The number of rotatable bonds is 5. The van der Waals surface area contributed by atoms with Crippen LogP contribution in [0.15, 0.2) is 48.8 Å². The number of hydrazine groups is 1. The normalized spacial score (nSPS) is 11.1. The predicted molar refractivity (Wildman–Crippen MR) is 112 cm³/mol. The second kappa shape index (κ2) is 7.98. The Morgan fingerprint density at radius 2 is 1.63 bits per heavy atom. The Hall–Kier alpha value is -2.57. The Morgan fingerprint density at radius 3 is 2.30 bits per heavy atom. The van der Waals surface area contributed by atoms with Crippen LogP contribution in [0, 0.1) is 0 Å². The molecule has 3 rings (SSSR count). The van der Waals surface area contributed by atoms with Gasteiger partial charge in [-0.1, -0.05) is 23.2 Å². The third-order valence-corrected chi connectivity index (χ3v) is 3.99. The molecule has 8 heteroatoms. The molecule has 140 valence electrons. The van der Waals surface area contributed by atoms with E-state index in [1.54, 1.807) is 30.6 Å². The van der Waals surface area contributed by atoms with Gasteiger partial charge in [-0.3, -0.25) is 15.8 Å². The van der Waals surface area contributed by atoms with E-state index >= 15 is 0 Å². The van der Waals surface area contributed by atoms with Crippen LogP contribution >= 0.6 is 23.2 Å². The lowest BCUT2D eigenvalue weighted by Gasteiger charge is -2.21. The first-order chi connectivity index (χ1) is 12.8. The third kappa shape index (κ3) is 5.45. The fourth-order valence-electron chi connectivity index (χ4n) is 2.30. The fraction of sp³-hybridized carbons (Fsp3) is 0.211. The molecule has 0 unspecified atom stereocenters. The van der Waals surface area contributed by atoms with Crippen molar-refractivity contribution in [1.29, 1.82) is 0 Å². The van der Waals surface area contributed by atoms with Gasteiger partial charge in [-0.25, -0.2) is 4.98 Å². The van der Waals surface area contributed by atoms with Gasteiger partial charge in [0.2, 0.25) is 5.95 Å². The number of pyridine rings is 1. The number of anilines is 3. The Balaban J connectivity index is 1.90. The summed E-state index contributed by atoms with van der Waals surface area (Å²) < 4.78 is 0. The molecule has 27 heavy (non-hydrogen) atoms. The molecule has 0 fully saturated rings. The van der Waals surface area contributed by atoms with Gasteiger partial charge >= 0.3 is 0 Å². The molecule has 0 bridgehead atoms. The van der Waals surface area contributed by atoms with Crippen LogP contribution in [0.3, 0.4) is 0 Å². The second-order valence-electron chi connectivity index (χ2n) is 6.95. The van der Waals surface area contributed by atoms with Gasteiger partial charge in [-0.05, 0) is 51.1 Å². The molecule has 3 aromatic rings. The number of hydrogen-bond donors (Lipinski definition) is 3. The molecule has 0 radical (unpaired) electrons. The van der Waals surface area contributed by atoms with E-state index in [2.05, 4.69) is 31.1 Å². The van der Waals surface area contributed by atoms with E-state index in [0.29, 0.717) is 27.5 Å². The first kappa shape index (κ1) is 19.2. The van der Waals surface area contributed by atoms with E-state index in [4.69, 9.17) is 23.2 Å². The Bertz CT molecular complexity index is 925. The largest absolute Gasteiger partial charge is 0.350 e. The first-order valence-electron chi connectivity index (χ1n) is 8.35. The summed E-state index contributed by atoms with van der Waals surface area (Å²) in [5.41, 5.74) is 8.35. The molecule has 2 aromatic heterocycles. The highest BCUT2D eigenvalue weighted by molar-refractivity contribution is 6.36. The summed E-state index contributed by atoms with van der Waals surface area (Å²) in [6.07, 6.45) is 3.46. The van der Waals surface area contributed by atoms with Crippen LogP contribution in [0.4, 0.5) is 17.5 Å². The summed E-state index contributed by atoms with van der Waals surface area (Å²) in [5.74, 6) is 1.11. The molecule has 0 amide bonds. The number of aromatic nitrogens is 3. The van der Waals surface area contributed by atoms with Gasteiger partial charge in [0.05, 0.1) is 16.4 Å². The van der Waals surface area contributed by atoms with Gasteiger partial charge in [0, 0.05) is 34.6 Å². The lowest BCUT2D eigenvalue weighted by atomic mass is 10.1. The standard InChI is InChI=1S/C19H20Cl2N6/c1-19(2,3)25-18-23-16(12-6-8-22-9-7-12)11-17(24-18)27-26-15-5-4-13(20)10-14(15)21/h4-11,26H,1-3H3,(H2,23,24,25,27). The maximum Gasteiger partial charge on any atom is 0.225 e. The molecule has 0 saturated heterocycles. The maximum atomic E-state index is 6.20. The molecule has 1 aromatic carbocycles. The zero-order valence-corrected chi connectivity index (χ0v) is 16.7. The van der Waals surface area contributed by atoms with Crippen molar-refractivity contribution in [1.82, 2.24) is 15.0 Å². The molecule has 6 nitrogen and oxygen atoms in total. The smallest absolute Gasteiger partial charge is 0.225 e. The topological polar surface area (TPSA) is 74.8 Å². The second-order valence-corrected chi connectivity index (χ2v) is 7.79. The zero-order valence-electron chi connectivity index (χ0n) is 15.2. The quantitative estimate of drug-likeness (QED) is 0.489. The molecular formula is C19H20Cl2N6. The van der Waals surface area contributed by atoms with Crippen molar-refractivity contribution in [2.75, 3.05) is 16.2 Å². The fourth-order valence-corrected chi connectivity index (χ4v) is 2.75. The van der Waals surface area contributed by atoms with Crippen LogP contribution in [0.1, 0.15) is 20.8 Å². The Kier molecular flexibility index (Phi) is 5.68. The lowest BCUT2D eigenvalue weighted by Crippen LogP contribution is -2.27. The van der Waals surface area contributed by atoms with Crippen LogP contribution < -0.4 is 16.2 Å². The van der Waals surface area contributed by atoms with Crippen LogP contribution in [0.25, 0.3) is 11.3 Å². The summed E-state index contributed by atoms with van der Waals surface area (Å²) >= 11 is 12.1. The van der Waals surface area contributed by atoms with Crippen molar-refractivity contribution < 1.29 is 0 Å². The van der Waals surface area contributed by atoms with Gasteiger partial charge < -0.3 is 5.32 Å². The minimum absolute atomic E-state index is 0.180. The van der Waals surface area contributed by atoms with Gasteiger partial charge in [-0.15, -0.1) is 0 Å². The highest BCUT2D eigenvalue weighted by atomic mass is 35.5. The number of nitrogens with one attached hydrogen (secondary N) is 3. The van der Waals surface area contributed by atoms with E-state index in [0.717, 1.165) is 11.3 Å². The van der Waals surface area contributed by atoms with Crippen molar-refractivity contribution in [2.24, 2.45) is 0 Å². The van der Waals surface area contributed by atoms with E-state index < -0.39 is 0 Å². The van der Waals surface area contributed by atoms with Crippen molar-refractivity contribution in [3.63, 3.8) is 0 Å². The van der Waals surface area contributed by atoms with Crippen LogP contribution in [-0.2, 0) is 0 Å². The molecule has 3 N–H and O–H groups in total. The van der Waals surface area contributed by atoms with Gasteiger partial charge in [-0.2, -0.15) is 4.98 Å². The third-order valence-electron chi connectivity index (χ3n) is 3.45. The van der Waals surface area contributed by atoms with Crippen molar-refractivity contribution in [3.8, 4) is 11.3 Å². The molecule has 0 aliphatic heterocycles. The molecule has 0 spiro atoms. The average molecular weight is 403 g/mol. The van der Waals surface area contributed by atoms with Crippen molar-refractivity contribution in [3.05, 3.63) is 58.8 Å². The SMILES string of the molecule is CC(C)(C)Nc1nc(NNc2ccc(Cl)cc2Cl)cc(-c2ccncc2)n1. The zero-order chi connectivity index (χ0) is 19.4. The predicted octanol–water partition coefficient (Wildman–Crippen LogP) is 5.49. The monoisotopic (exact) mass is 402 g/mol. The molecule has 2 heterocycles. The first-order valence-corrected chi connectivity index (χ1v) is 9.10. The van der Waals surface area contributed by atoms with E-state index in [-0.39, 0.29) is 5.54 Å². The van der Waals surface area contributed by atoms with E-state index in [1.165, 1.54) is 0 Å². The van der Waals surface area contributed by atoms with Crippen molar-refractivity contribution in [2.45, 2.75) is 26.3 Å². The average Bonchev–Trinajstić information content (AvgIpc) is 2.60. The van der Waals surface area contributed by atoms with E-state index in [9.17, 15) is 0 Å². The highest BCUT2D eigenvalue weighted by Crippen LogP contribution is 2.26. The van der Waals surface area contributed by atoms with Gasteiger partial charge in [0.1, 0.15) is 0 Å². The summed E-state index contributed by atoms with van der Waals surface area (Å²) in [6.45, 7) is 6.15. The van der Waals surface area contributed by atoms with Crippen molar-refractivity contribution >= 4 is 40.7 Å². The number of nitrogens with zero attached hydrogens (tertiary/aromatic N) is 3. The minimum atomic E-state index is -0.180. The lowest BCUT2D eigenvalue weighted by molar-refractivity contribution is 0.626. The molecule has 0 atom stereocenters. The molecule has 0 saturated carbocycles. The number of hydrogen-bond acceptors (Lipinski definition) is 6. The maximum absolute atomic E-state index is 6.20. The van der Waals surface area contributed by atoms with Crippen LogP contribution in [0.2, 0.25) is 10.0 Å². The highest BCUT2D eigenvalue weighted by Gasteiger charge is 2.14.